The average Bonchev–Trinajstić information content (AvgIpc) is 3.23. The topological polar surface area (TPSA) is 85.6 Å². The van der Waals surface area contributed by atoms with Gasteiger partial charge in [0.1, 0.15) is 5.75 Å². The first-order valence-corrected chi connectivity index (χ1v) is 12.0. The number of hydrogen-bond donors (Lipinski definition) is 1. The van der Waals surface area contributed by atoms with Crippen LogP contribution in [0.5, 0.6) is 5.75 Å². The maximum absolute atomic E-state index is 13.2. The molecule has 0 atom stereocenters. The maximum Gasteiger partial charge on any atom is 0.266 e. The van der Waals surface area contributed by atoms with Crippen molar-refractivity contribution in [3.05, 3.63) is 79.7 Å². The molecule has 7 nitrogen and oxygen atoms in total. The highest BCUT2D eigenvalue weighted by atomic mass is 79.9. The number of methoxy groups -OCH3 is 1. The van der Waals surface area contributed by atoms with E-state index in [0.29, 0.717) is 27.5 Å². The Labute approximate surface area is 200 Å². The molecule has 0 aliphatic carbocycles. The molecule has 2 aromatic carbocycles. The monoisotopic (exact) mass is 528 g/mol. The Morgan fingerprint density at radius 2 is 2.00 bits per heavy atom. The number of nitrogens with zero attached hydrogens (tertiary/aromatic N) is 3. The Morgan fingerprint density at radius 3 is 2.72 bits per heavy atom. The second-order valence-corrected chi connectivity index (χ2v) is 9.91. The molecule has 1 N–H and O–H groups in total. The number of benzene rings is 2. The van der Waals surface area contributed by atoms with Crippen LogP contribution in [0, 0.1) is 0 Å². The quantitative estimate of drug-likeness (QED) is 0.165. The number of thioether (sulfide) groups is 1. The van der Waals surface area contributed by atoms with Crippen molar-refractivity contribution in [3.63, 3.8) is 0 Å². The zero-order valence-corrected chi connectivity index (χ0v) is 20.0. The number of carbonyl (C=O) groups is 1. The molecular weight excluding hydrogens is 512 g/mol. The van der Waals surface area contributed by atoms with E-state index in [4.69, 9.17) is 4.74 Å². The van der Waals surface area contributed by atoms with Crippen molar-refractivity contribution in [1.82, 2.24) is 15.0 Å². The Hall–Kier alpha value is -2.95. The van der Waals surface area contributed by atoms with Crippen LogP contribution in [0.4, 0.5) is 0 Å². The van der Waals surface area contributed by atoms with Gasteiger partial charge in [-0.25, -0.2) is 10.4 Å². The molecule has 0 fully saturated rings. The fraction of sp³-hybridized carbons (Fsp3) is 0.0909. The maximum atomic E-state index is 13.2. The molecule has 4 rings (SSSR count). The van der Waals surface area contributed by atoms with Gasteiger partial charge in [0.25, 0.3) is 11.5 Å². The summed E-state index contributed by atoms with van der Waals surface area (Å²) in [4.78, 5) is 31.1. The second kappa shape index (κ2) is 10.1. The van der Waals surface area contributed by atoms with Crippen molar-refractivity contribution in [2.45, 2.75) is 5.16 Å². The number of hydrogen-bond acceptors (Lipinski definition) is 7. The van der Waals surface area contributed by atoms with Crippen LogP contribution in [0.1, 0.15) is 4.88 Å². The highest BCUT2D eigenvalue weighted by molar-refractivity contribution is 9.11. The number of rotatable bonds is 7. The Bertz CT molecular complexity index is 1350. The van der Waals surface area contributed by atoms with Crippen LogP contribution < -0.4 is 15.7 Å². The molecule has 162 valence electrons. The van der Waals surface area contributed by atoms with E-state index in [2.05, 4.69) is 31.4 Å². The van der Waals surface area contributed by atoms with Gasteiger partial charge in [0.05, 0.1) is 39.5 Å². The lowest BCUT2D eigenvalue weighted by molar-refractivity contribution is -0.118. The summed E-state index contributed by atoms with van der Waals surface area (Å²) >= 11 is 6.06. The summed E-state index contributed by atoms with van der Waals surface area (Å²) in [7, 11) is 1.58. The SMILES string of the molecule is COc1ccc(-n2c(SCC(=O)NN=Cc3ccc(Br)s3)nc3ccccc3c2=O)cc1. The minimum Gasteiger partial charge on any atom is -0.497 e. The van der Waals surface area contributed by atoms with Gasteiger partial charge in [-0.3, -0.25) is 14.2 Å². The largest absolute Gasteiger partial charge is 0.497 e. The number of aromatic nitrogens is 2. The van der Waals surface area contributed by atoms with Crippen molar-refractivity contribution in [1.29, 1.82) is 0 Å². The summed E-state index contributed by atoms with van der Waals surface area (Å²) in [5.74, 6) is 0.428. The van der Waals surface area contributed by atoms with Crippen molar-refractivity contribution in [3.8, 4) is 11.4 Å². The van der Waals surface area contributed by atoms with E-state index >= 15 is 0 Å². The molecule has 1 amide bonds. The molecule has 0 radical (unpaired) electrons. The molecule has 0 spiro atoms. The molecule has 2 heterocycles. The predicted octanol–water partition coefficient (Wildman–Crippen LogP) is 4.46. The van der Waals surface area contributed by atoms with Crippen LogP contribution in [-0.2, 0) is 4.79 Å². The first kappa shape index (κ1) is 22.3. The van der Waals surface area contributed by atoms with E-state index in [9.17, 15) is 9.59 Å². The molecule has 2 aromatic heterocycles. The standard InChI is InChI=1S/C22H17BrN4O3S2/c1-30-15-8-6-14(7-9-15)27-21(29)17-4-2-3-5-18(17)25-22(27)31-13-20(28)26-24-12-16-10-11-19(23)32-16/h2-12H,13H2,1H3,(H,26,28). The first-order chi connectivity index (χ1) is 15.5. The minimum absolute atomic E-state index is 0.0480. The number of para-hydroxylation sites is 1. The zero-order chi connectivity index (χ0) is 22.5. The fourth-order valence-electron chi connectivity index (χ4n) is 2.90. The lowest BCUT2D eigenvalue weighted by atomic mass is 10.2. The van der Waals surface area contributed by atoms with E-state index in [1.807, 2.05) is 18.2 Å². The van der Waals surface area contributed by atoms with Gasteiger partial charge < -0.3 is 4.74 Å². The molecule has 0 unspecified atom stereocenters. The van der Waals surface area contributed by atoms with Gasteiger partial charge >= 0.3 is 0 Å². The smallest absolute Gasteiger partial charge is 0.266 e. The van der Waals surface area contributed by atoms with E-state index in [1.165, 1.54) is 27.7 Å². The summed E-state index contributed by atoms with van der Waals surface area (Å²) in [6, 6.07) is 18.1. The van der Waals surface area contributed by atoms with Gasteiger partial charge in [0, 0.05) is 4.88 Å². The van der Waals surface area contributed by atoms with E-state index < -0.39 is 0 Å². The molecule has 32 heavy (non-hydrogen) atoms. The lowest BCUT2D eigenvalue weighted by Crippen LogP contribution is -2.24. The summed E-state index contributed by atoms with van der Waals surface area (Å²) in [6.07, 6.45) is 1.58. The van der Waals surface area contributed by atoms with E-state index in [0.717, 1.165) is 8.66 Å². The second-order valence-electron chi connectivity index (χ2n) is 6.47. The van der Waals surface area contributed by atoms with Gasteiger partial charge in [0.2, 0.25) is 0 Å². The molecular formula is C22H17BrN4O3S2. The number of thiophene rings is 1. The third-order valence-corrected chi connectivity index (χ3v) is 6.88. The highest BCUT2D eigenvalue weighted by Crippen LogP contribution is 2.23. The molecule has 0 aliphatic rings. The Morgan fingerprint density at radius 1 is 1.22 bits per heavy atom. The van der Waals surface area contributed by atoms with E-state index in [-0.39, 0.29) is 17.2 Å². The van der Waals surface area contributed by atoms with Crippen LogP contribution in [0.25, 0.3) is 16.6 Å². The number of ether oxygens (including phenoxy) is 1. The van der Waals surface area contributed by atoms with Gasteiger partial charge in [0.15, 0.2) is 5.16 Å². The minimum atomic E-state index is -0.300. The third-order valence-electron chi connectivity index (χ3n) is 4.38. The first-order valence-electron chi connectivity index (χ1n) is 9.41. The summed E-state index contributed by atoms with van der Waals surface area (Å²) in [6.45, 7) is 0. The predicted molar refractivity (Wildman–Crippen MR) is 132 cm³/mol. The van der Waals surface area contributed by atoms with Crippen molar-refractivity contribution >= 4 is 62.1 Å². The lowest BCUT2D eigenvalue weighted by Gasteiger charge is -2.13. The van der Waals surface area contributed by atoms with Crippen molar-refractivity contribution in [2.24, 2.45) is 5.10 Å². The van der Waals surface area contributed by atoms with Crippen molar-refractivity contribution in [2.75, 3.05) is 12.9 Å². The molecule has 0 aliphatic heterocycles. The number of carbonyl (C=O) groups excluding carboxylic acids is 1. The van der Waals surface area contributed by atoms with Crippen LogP contribution in [0.2, 0.25) is 0 Å². The van der Waals surface area contributed by atoms with Gasteiger partial charge in [-0.15, -0.1) is 11.3 Å². The Balaban J connectivity index is 1.58. The van der Waals surface area contributed by atoms with Gasteiger partial charge in [-0.1, -0.05) is 23.9 Å². The van der Waals surface area contributed by atoms with Crippen LogP contribution >= 0.6 is 39.0 Å². The fourth-order valence-corrected chi connectivity index (χ4v) is 5.00. The van der Waals surface area contributed by atoms with Gasteiger partial charge in [-0.05, 0) is 64.5 Å². The normalized spacial score (nSPS) is 11.2. The van der Waals surface area contributed by atoms with Gasteiger partial charge in [-0.2, -0.15) is 5.10 Å². The molecule has 0 saturated heterocycles. The van der Waals surface area contributed by atoms with Crippen LogP contribution in [0.15, 0.2) is 79.5 Å². The van der Waals surface area contributed by atoms with Crippen LogP contribution in [-0.4, -0.2) is 34.5 Å². The van der Waals surface area contributed by atoms with Crippen molar-refractivity contribution < 1.29 is 9.53 Å². The number of halogens is 1. The number of amides is 1. The third kappa shape index (κ3) is 5.09. The molecule has 0 saturated carbocycles. The molecule has 10 heteroatoms. The summed E-state index contributed by atoms with van der Waals surface area (Å²) in [5.41, 5.74) is 3.52. The van der Waals surface area contributed by atoms with E-state index in [1.54, 1.807) is 55.8 Å². The Kier molecular flexibility index (Phi) is 7.03. The highest BCUT2D eigenvalue weighted by Gasteiger charge is 2.15. The van der Waals surface area contributed by atoms with Crippen LogP contribution in [0.3, 0.4) is 0 Å². The number of hydrazone groups is 1. The molecule has 4 aromatic rings. The average molecular weight is 529 g/mol. The number of fused-ring (bicyclic) bond motifs is 1. The molecule has 0 bridgehead atoms. The number of nitrogens with one attached hydrogen (secondary N) is 1. The summed E-state index contributed by atoms with van der Waals surface area (Å²) in [5, 5.41) is 4.90. The zero-order valence-electron chi connectivity index (χ0n) is 16.8. The summed E-state index contributed by atoms with van der Waals surface area (Å²) < 4.78 is 7.70.